The van der Waals surface area contributed by atoms with Crippen LogP contribution in [0.2, 0.25) is 0 Å². The normalized spacial score (nSPS) is 20.2. The molecule has 100 valence electrons. The minimum atomic E-state index is 0.307. The SMILES string of the molecule is CCOc1cccc(CN2CCCC2CC)c1O. The molecule has 1 aliphatic rings. The maximum Gasteiger partial charge on any atom is 0.162 e. The number of ether oxygens (including phenoxy) is 1. The standard InChI is InChI=1S/C15H23NO2/c1-3-13-8-6-10-16(13)11-12-7-5-9-14(15(12)17)18-4-2/h5,7,9,13,17H,3-4,6,8,10-11H2,1-2H3. The smallest absolute Gasteiger partial charge is 0.162 e. The van der Waals surface area contributed by atoms with Gasteiger partial charge in [0.25, 0.3) is 0 Å². The number of aromatic hydroxyl groups is 1. The summed E-state index contributed by atoms with van der Waals surface area (Å²) in [6.45, 7) is 6.71. The van der Waals surface area contributed by atoms with Gasteiger partial charge >= 0.3 is 0 Å². The first-order valence-corrected chi connectivity index (χ1v) is 6.94. The van der Waals surface area contributed by atoms with Crippen LogP contribution in [0.3, 0.4) is 0 Å². The van der Waals surface area contributed by atoms with Gasteiger partial charge < -0.3 is 9.84 Å². The number of hydrogen-bond acceptors (Lipinski definition) is 3. The zero-order valence-electron chi connectivity index (χ0n) is 11.4. The lowest BCUT2D eigenvalue weighted by atomic mass is 10.1. The summed E-state index contributed by atoms with van der Waals surface area (Å²) in [5.74, 6) is 0.906. The van der Waals surface area contributed by atoms with E-state index in [2.05, 4.69) is 11.8 Å². The predicted molar refractivity (Wildman–Crippen MR) is 73.0 cm³/mol. The summed E-state index contributed by atoms with van der Waals surface area (Å²) in [4.78, 5) is 2.46. The van der Waals surface area contributed by atoms with E-state index in [-0.39, 0.29) is 0 Å². The van der Waals surface area contributed by atoms with Gasteiger partial charge in [-0.3, -0.25) is 4.90 Å². The highest BCUT2D eigenvalue weighted by Gasteiger charge is 2.23. The van der Waals surface area contributed by atoms with Crippen molar-refractivity contribution >= 4 is 0 Å². The maximum absolute atomic E-state index is 10.2. The van der Waals surface area contributed by atoms with E-state index in [1.807, 2.05) is 25.1 Å². The molecule has 0 radical (unpaired) electrons. The van der Waals surface area contributed by atoms with E-state index in [9.17, 15) is 5.11 Å². The molecule has 0 amide bonds. The van der Waals surface area contributed by atoms with Crippen LogP contribution in [0.1, 0.15) is 38.7 Å². The molecule has 1 saturated heterocycles. The summed E-state index contributed by atoms with van der Waals surface area (Å²) in [6.07, 6.45) is 3.73. The third-order valence-electron chi connectivity index (χ3n) is 3.73. The largest absolute Gasteiger partial charge is 0.504 e. The number of hydrogen-bond donors (Lipinski definition) is 1. The van der Waals surface area contributed by atoms with Crippen molar-refractivity contribution in [1.29, 1.82) is 0 Å². The van der Waals surface area contributed by atoms with Gasteiger partial charge in [-0.1, -0.05) is 19.1 Å². The molecule has 0 aliphatic carbocycles. The summed E-state index contributed by atoms with van der Waals surface area (Å²) in [5, 5.41) is 10.2. The molecule has 18 heavy (non-hydrogen) atoms. The zero-order chi connectivity index (χ0) is 13.0. The lowest BCUT2D eigenvalue weighted by molar-refractivity contribution is 0.235. The van der Waals surface area contributed by atoms with Gasteiger partial charge in [0.1, 0.15) is 0 Å². The highest BCUT2D eigenvalue weighted by molar-refractivity contribution is 5.45. The molecule has 1 N–H and O–H groups in total. The first-order chi connectivity index (χ1) is 8.76. The Morgan fingerprint density at radius 1 is 1.39 bits per heavy atom. The molecule has 3 nitrogen and oxygen atoms in total. The monoisotopic (exact) mass is 249 g/mol. The van der Waals surface area contributed by atoms with Gasteiger partial charge in [0.2, 0.25) is 0 Å². The lowest BCUT2D eigenvalue weighted by Crippen LogP contribution is -2.28. The quantitative estimate of drug-likeness (QED) is 0.870. The fraction of sp³-hybridized carbons (Fsp3) is 0.600. The van der Waals surface area contributed by atoms with Crippen molar-refractivity contribution in [2.45, 2.75) is 45.7 Å². The van der Waals surface area contributed by atoms with Crippen LogP contribution in [-0.2, 0) is 6.54 Å². The van der Waals surface area contributed by atoms with Crippen molar-refractivity contribution in [2.24, 2.45) is 0 Å². The third-order valence-corrected chi connectivity index (χ3v) is 3.73. The Bertz CT molecular complexity index is 392. The molecule has 2 rings (SSSR count). The Hall–Kier alpha value is -1.22. The second-order valence-electron chi connectivity index (χ2n) is 4.87. The van der Waals surface area contributed by atoms with Gasteiger partial charge in [0.15, 0.2) is 11.5 Å². The van der Waals surface area contributed by atoms with Crippen LogP contribution in [0.5, 0.6) is 11.5 Å². The second kappa shape index (κ2) is 6.10. The molecule has 1 atom stereocenters. The third kappa shape index (κ3) is 2.78. The van der Waals surface area contributed by atoms with Crippen LogP contribution >= 0.6 is 0 Å². The molecule has 1 fully saturated rings. The van der Waals surface area contributed by atoms with Crippen LogP contribution in [0, 0.1) is 0 Å². The van der Waals surface area contributed by atoms with Crippen molar-refractivity contribution in [3.05, 3.63) is 23.8 Å². The summed E-state index contributed by atoms with van der Waals surface area (Å²) < 4.78 is 5.43. The number of rotatable bonds is 5. The van der Waals surface area contributed by atoms with E-state index in [0.29, 0.717) is 24.1 Å². The van der Waals surface area contributed by atoms with Crippen LogP contribution in [-0.4, -0.2) is 29.2 Å². The fourth-order valence-corrected chi connectivity index (χ4v) is 2.75. The number of para-hydroxylation sites is 1. The van der Waals surface area contributed by atoms with Crippen molar-refractivity contribution in [3.8, 4) is 11.5 Å². The Balaban J connectivity index is 2.11. The molecule has 1 heterocycles. The van der Waals surface area contributed by atoms with Crippen molar-refractivity contribution in [3.63, 3.8) is 0 Å². The fourth-order valence-electron chi connectivity index (χ4n) is 2.75. The summed E-state index contributed by atoms with van der Waals surface area (Å²) >= 11 is 0. The molecule has 1 aromatic rings. The van der Waals surface area contributed by atoms with Gasteiger partial charge in [0, 0.05) is 18.2 Å². The highest BCUT2D eigenvalue weighted by atomic mass is 16.5. The summed E-state index contributed by atoms with van der Waals surface area (Å²) in [5.41, 5.74) is 0.973. The minimum Gasteiger partial charge on any atom is -0.504 e. The second-order valence-corrected chi connectivity index (χ2v) is 4.87. The van der Waals surface area contributed by atoms with Gasteiger partial charge in [-0.25, -0.2) is 0 Å². The first kappa shape index (κ1) is 13.2. The van der Waals surface area contributed by atoms with Gasteiger partial charge in [-0.15, -0.1) is 0 Å². The molecular weight excluding hydrogens is 226 g/mol. The average molecular weight is 249 g/mol. The molecule has 1 aromatic carbocycles. The maximum atomic E-state index is 10.2. The zero-order valence-corrected chi connectivity index (χ0v) is 11.4. The molecule has 0 saturated carbocycles. The molecule has 0 bridgehead atoms. The number of nitrogens with zero attached hydrogens (tertiary/aromatic N) is 1. The van der Waals surface area contributed by atoms with Gasteiger partial charge in [-0.2, -0.15) is 0 Å². The molecule has 1 aliphatic heterocycles. The van der Waals surface area contributed by atoms with Crippen LogP contribution in [0.15, 0.2) is 18.2 Å². The van der Waals surface area contributed by atoms with E-state index in [1.54, 1.807) is 0 Å². The average Bonchev–Trinajstić information content (AvgIpc) is 2.82. The van der Waals surface area contributed by atoms with Crippen LogP contribution in [0.4, 0.5) is 0 Å². The van der Waals surface area contributed by atoms with Crippen LogP contribution in [0.25, 0.3) is 0 Å². The van der Waals surface area contributed by atoms with E-state index < -0.39 is 0 Å². The first-order valence-electron chi connectivity index (χ1n) is 6.94. The van der Waals surface area contributed by atoms with Crippen molar-refractivity contribution in [2.75, 3.05) is 13.2 Å². The highest BCUT2D eigenvalue weighted by Crippen LogP contribution is 2.32. The van der Waals surface area contributed by atoms with Gasteiger partial charge in [0.05, 0.1) is 6.61 Å². The molecule has 0 aromatic heterocycles. The summed E-state index contributed by atoms with van der Waals surface area (Å²) in [6, 6.07) is 6.43. The van der Waals surface area contributed by atoms with Gasteiger partial charge in [-0.05, 0) is 38.8 Å². The topological polar surface area (TPSA) is 32.7 Å². The van der Waals surface area contributed by atoms with E-state index in [1.165, 1.54) is 19.3 Å². The number of likely N-dealkylation sites (tertiary alicyclic amines) is 1. The molecular formula is C15H23NO2. The Kier molecular flexibility index (Phi) is 4.48. The Morgan fingerprint density at radius 2 is 2.22 bits per heavy atom. The number of benzene rings is 1. The number of phenols is 1. The minimum absolute atomic E-state index is 0.307. The van der Waals surface area contributed by atoms with E-state index in [0.717, 1.165) is 18.7 Å². The molecule has 3 heteroatoms. The van der Waals surface area contributed by atoms with E-state index >= 15 is 0 Å². The molecule has 1 unspecified atom stereocenters. The Morgan fingerprint density at radius 3 is 2.94 bits per heavy atom. The molecule has 0 spiro atoms. The Labute approximate surface area is 109 Å². The number of phenolic OH excluding ortho intramolecular Hbond substituents is 1. The van der Waals surface area contributed by atoms with Crippen molar-refractivity contribution in [1.82, 2.24) is 4.90 Å². The van der Waals surface area contributed by atoms with Crippen molar-refractivity contribution < 1.29 is 9.84 Å². The summed E-state index contributed by atoms with van der Waals surface area (Å²) in [7, 11) is 0. The predicted octanol–water partition coefficient (Wildman–Crippen LogP) is 3.17. The van der Waals surface area contributed by atoms with E-state index in [4.69, 9.17) is 4.74 Å². The lowest BCUT2D eigenvalue weighted by Gasteiger charge is -2.24. The van der Waals surface area contributed by atoms with Crippen LogP contribution < -0.4 is 4.74 Å².